The Labute approximate surface area is 119 Å². The molecule has 20 heavy (non-hydrogen) atoms. The Morgan fingerprint density at radius 2 is 2.20 bits per heavy atom. The number of hydrogen-bond acceptors (Lipinski definition) is 4. The van der Waals surface area contributed by atoms with Crippen LogP contribution in [-0.4, -0.2) is 27.0 Å². The number of fused-ring (bicyclic) bond motifs is 1. The molecule has 0 aliphatic carbocycles. The zero-order chi connectivity index (χ0) is 13.9. The van der Waals surface area contributed by atoms with Crippen LogP contribution in [0.4, 0.5) is 0 Å². The third kappa shape index (κ3) is 2.50. The lowest BCUT2D eigenvalue weighted by Gasteiger charge is -2.02. The highest BCUT2D eigenvalue weighted by Crippen LogP contribution is 2.12. The van der Waals surface area contributed by atoms with Gasteiger partial charge >= 0.3 is 0 Å². The third-order valence-electron chi connectivity index (χ3n) is 2.82. The second-order valence-electron chi connectivity index (χ2n) is 4.15. The first kappa shape index (κ1) is 12.7. The number of carbonyl (C=O) groups is 1. The average molecular weight is 291 g/mol. The molecule has 102 valence electrons. The first-order valence-corrected chi connectivity index (χ1v) is 6.44. The molecule has 0 aromatic carbocycles. The molecule has 0 atom stereocenters. The second kappa shape index (κ2) is 5.34. The predicted molar refractivity (Wildman–Crippen MR) is 72.7 cm³/mol. The molecule has 3 rings (SSSR count). The maximum absolute atomic E-state index is 11.7. The highest BCUT2D eigenvalue weighted by atomic mass is 35.5. The number of carbonyl (C=O) groups excluding carboxylic acids is 1. The number of pyridine rings is 1. The summed E-state index contributed by atoms with van der Waals surface area (Å²) in [4.78, 5) is 11.7. The maximum Gasteiger partial charge on any atom is 0.287 e. The van der Waals surface area contributed by atoms with Crippen molar-refractivity contribution < 1.29 is 9.21 Å². The average Bonchev–Trinajstić information content (AvgIpc) is 3.06. The number of hydrogen-bond donors (Lipinski definition) is 1. The molecule has 0 radical (unpaired) electrons. The van der Waals surface area contributed by atoms with Crippen LogP contribution < -0.4 is 5.32 Å². The smallest absolute Gasteiger partial charge is 0.287 e. The molecule has 0 fully saturated rings. The van der Waals surface area contributed by atoms with Gasteiger partial charge in [0.2, 0.25) is 0 Å². The van der Waals surface area contributed by atoms with Gasteiger partial charge in [-0.1, -0.05) is 6.07 Å². The fourth-order valence-electron chi connectivity index (χ4n) is 1.87. The Hall–Kier alpha value is -2.34. The summed E-state index contributed by atoms with van der Waals surface area (Å²) in [6, 6.07) is 8.74. The minimum Gasteiger partial charge on any atom is -0.440 e. The lowest BCUT2D eigenvalue weighted by Crippen LogP contribution is -2.25. The summed E-state index contributed by atoms with van der Waals surface area (Å²) in [6.07, 6.45) is 2.46. The molecule has 0 saturated carbocycles. The lowest BCUT2D eigenvalue weighted by molar-refractivity contribution is 0.0926. The first-order chi connectivity index (χ1) is 9.74. The summed E-state index contributed by atoms with van der Waals surface area (Å²) in [5, 5.41) is 11.1. The highest BCUT2D eigenvalue weighted by molar-refractivity contribution is 6.29. The number of nitrogens with zero attached hydrogens (tertiary/aromatic N) is 3. The molecule has 0 aliphatic rings. The number of amides is 1. The quantitative estimate of drug-likeness (QED) is 0.797. The summed E-state index contributed by atoms with van der Waals surface area (Å²) < 4.78 is 6.91. The van der Waals surface area contributed by atoms with E-state index in [4.69, 9.17) is 16.0 Å². The van der Waals surface area contributed by atoms with Gasteiger partial charge in [-0.05, 0) is 35.9 Å². The Morgan fingerprint density at radius 3 is 3.00 bits per heavy atom. The van der Waals surface area contributed by atoms with E-state index in [0.29, 0.717) is 13.0 Å². The molecule has 0 unspecified atom stereocenters. The van der Waals surface area contributed by atoms with Crippen molar-refractivity contribution in [2.75, 3.05) is 6.54 Å². The fourth-order valence-corrected chi connectivity index (χ4v) is 2.02. The molecular formula is C13H11ClN4O2. The van der Waals surface area contributed by atoms with E-state index in [-0.39, 0.29) is 16.9 Å². The molecule has 3 aromatic heterocycles. The van der Waals surface area contributed by atoms with Crippen molar-refractivity contribution in [3.63, 3.8) is 0 Å². The van der Waals surface area contributed by atoms with Gasteiger partial charge in [-0.3, -0.25) is 9.20 Å². The molecule has 1 amide bonds. The van der Waals surface area contributed by atoms with Crippen LogP contribution in [0, 0.1) is 0 Å². The Balaban J connectivity index is 1.61. The lowest BCUT2D eigenvalue weighted by atomic mass is 10.3. The van der Waals surface area contributed by atoms with Crippen molar-refractivity contribution >= 4 is 23.2 Å². The van der Waals surface area contributed by atoms with E-state index in [0.717, 1.165) is 11.5 Å². The number of rotatable bonds is 4. The molecule has 0 aliphatic heterocycles. The zero-order valence-corrected chi connectivity index (χ0v) is 11.2. The summed E-state index contributed by atoms with van der Waals surface area (Å²) >= 11 is 5.62. The Kier molecular flexibility index (Phi) is 3.39. The van der Waals surface area contributed by atoms with E-state index >= 15 is 0 Å². The molecule has 1 N–H and O–H groups in total. The van der Waals surface area contributed by atoms with Gasteiger partial charge in [0, 0.05) is 19.2 Å². The summed E-state index contributed by atoms with van der Waals surface area (Å²) in [5.41, 5.74) is 0.784. The predicted octanol–water partition coefficient (Wildman–Crippen LogP) is 1.95. The van der Waals surface area contributed by atoms with Crippen molar-refractivity contribution in [3.05, 3.63) is 53.3 Å². The minimum absolute atomic E-state index is 0.193. The number of nitrogens with one attached hydrogen (secondary N) is 1. The second-order valence-corrected chi connectivity index (χ2v) is 4.53. The monoisotopic (exact) mass is 290 g/mol. The van der Waals surface area contributed by atoms with E-state index in [2.05, 4.69) is 15.5 Å². The van der Waals surface area contributed by atoms with E-state index < -0.39 is 0 Å². The van der Waals surface area contributed by atoms with Gasteiger partial charge in [0.25, 0.3) is 5.91 Å². The third-order valence-corrected chi connectivity index (χ3v) is 3.02. The highest BCUT2D eigenvalue weighted by Gasteiger charge is 2.10. The Morgan fingerprint density at radius 1 is 1.30 bits per heavy atom. The van der Waals surface area contributed by atoms with Crippen LogP contribution >= 0.6 is 11.6 Å². The van der Waals surface area contributed by atoms with Crippen molar-refractivity contribution in [2.24, 2.45) is 0 Å². The largest absolute Gasteiger partial charge is 0.440 e. The van der Waals surface area contributed by atoms with Crippen LogP contribution in [0.1, 0.15) is 16.4 Å². The van der Waals surface area contributed by atoms with E-state index in [9.17, 15) is 4.79 Å². The van der Waals surface area contributed by atoms with Gasteiger partial charge in [-0.2, -0.15) is 0 Å². The molecule has 3 aromatic rings. The molecule has 0 bridgehead atoms. The van der Waals surface area contributed by atoms with E-state index in [1.165, 1.54) is 12.1 Å². The molecule has 7 heteroatoms. The van der Waals surface area contributed by atoms with Crippen LogP contribution in [0.5, 0.6) is 0 Å². The minimum atomic E-state index is -0.300. The standard InChI is InChI=1S/C13H11ClN4O2/c14-10-5-4-9(20-10)13(19)15-7-6-12-17-16-11-3-1-2-8-18(11)12/h1-5,8H,6-7H2,(H,15,19). The molecule has 3 heterocycles. The van der Waals surface area contributed by atoms with Crippen molar-refractivity contribution in [1.29, 1.82) is 0 Å². The van der Waals surface area contributed by atoms with Crippen LogP contribution in [0.15, 0.2) is 40.9 Å². The van der Waals surface area contributed by atoms with Crippen molar-refractivity contribution in [2.45, 2.75) is 6.42 Å². The van der Waals surface area contributed by atoms with Gasteiger partial charge < -0.3 is 9.73 Å². The van der Waals surface area contributed by atoms with Crippen molar-refractivity contribution in [3.8, 4) is 0 Å². The summed E-state index contributed by atoms with van der Waals surface area (Å²) in [5.74, 6) is 0.685. The number of furan rings is 1. The molecule has 6 nitrogen and oxygen atoms in total. The van der Waals surface area contributed by atoms with Gasteiger partial charge in [-0.25, -0.2) is 0 Å². The molecular weight excluding hydrogens is 280 g/mol. The van der Waals surface area contributed by atoms with Gasteiger partial charge in [0.05, 0.1) is 0 Å². The first-order valence-electron chi connectivity index (χ1n) is 6.06. The topological polar surface area (TPSA) is 72.4 Å². The summed E-state index contributed by atoms with van der Waals surface area (Å²) in [6.45, 7) is 0.437. The van der Waals surface area contributed by atoms with Crippen LogP contribution in [0.3, 0.4) is 0 Å². The van der Waals surface area contributed by atoms with Crippen LogP contribution in [-0.2, 0) is 6.42 Å². The maximum atomic E-state index is 11.7. The van der Waals surface area contributed by atoms with Gasteiger partial charge in [-0.15, -0.1) is 10.2 Å². The van der Waals surface area contributed by atoms with Crippen molar-refractivity contribution in [1.82, 2.24) is 19.9 Å². The number of aromatic nitrogens is 3. The Bertz CT molecular complexity index is 750. The summed E-state index contributed by atoms with van der Waals surface area (Å²) in [7, 11) is 0. The van der Waals surface area contributed by atoms with E-state index in [1.807, 2.05) is 28.8 Å². The van der Waals surface area contributed by atoms with E-state index in [1.54, 1.807) is 0 Å². The van der Waals surface area contributed by atoms with Gasteiger partial charge in [0.1, 0.15) is 5.82 Å². The molecule has 0 saturated heterocycles. The zero-order valence-electron chi connectivity index (χ0n) is 10.4. The fraction of sp³-hybridized carbons (Fsp3) is 0.154. The van der Waals surface area contributed by atoms with Crippen LogP contribution in [0.25, 0.3) is 5.65 Å². The molecule has 0 spiro atoms. The normalized spacial score (nSPS) is 10.8. The number of halogens is 1. The SMILES string of the molecule is O=C(NCCc1nnc2ccccn12)c1ccc(Cl)o1. The van der Waals surface area contributed by atoms with Crippen LogP contribution in [0.2, 0.25) is 5.22 Å². The van der Waals surface area contributed by atoms with Gasteiger partial charge in [0.15, 0.2) is 16.6 Å².